The second-order valence-electron chi connectivity index (χ2n) is 2.98. The van der Waals surface area contributed by atoms with Gasteiger partial charge >= 0.3 is 12.3 Å². The number of pyridine rings is 1. The maximum Gasteiger partial charge on any atom is 0.575 e. The van der Waals surface area contributed by atoms with Gasteiger partial charge in [-0.1, -0.05) is 0 Å². The predicted molar refractivity (Wildman–Crippen MR) is 46.7 cm³/mol. The molecule has 0 N–H and O–H groups in total. The van der Waals surface area contributed by atoms with Gasteiger partial charge in [-0.05, 0) is 12.1 Å². The average Bonchev–Trinajstić information content (AvgIpc) is 2.61. The highest BCUT2D eigenvalue weighted by Crippen LogP contribution is 2.19. The van der Waals surface area contributed by atoms with Crippen LogP contribution in [0.2, 0.25) is 0 Å². The van der Waals surface area contributed by atoms with Gasteiger partial charge in [-0.3, -0.25) is 0 Å². The third-order valence-electron chi connectivity index (χ3n) is 1.86. The first-order chi connectivity index (χ1) is 7.46. The van der Waals surface area contributed by atoms with E-state index in [1.54, 1.807) is 4.40 Å². The molecule has 0 aliphatic rings. The molecule has 84 valence electrons. The molecular weight excluding hydrogens is 225 g/mol. The van der Waals surface area contributed by atoms with Crippen molar-refractivity contribution in [3.63, 3.8) is 0 Å². The normalized spacial score (nSPS) is 11.7. The number of nitrogens with zero attached hydrogens (tertiary/aromatic N) is 2. The summed E-state index contributed by atoms with van der Waals surface area (Å²) >= 11 is 0. The van der Waals surface area contributed by atoms with E-state index in [9.17, 15) is 18.0 Å². The number of ether oxygens (including phenoxy) is 1. The van der Waals surface area contributed by atoms with Crippen molar-refractivity contribution in [1.82, 2.24) is 9.38 Å². The smallest absolute Gasteiger partial charge is 0.369 e. The zero-order valence-electron chi connectivity index (χ0n) is 7.73. The van der Waals surface area contributed by atoms with Crippen molar-refractivity contribution in [3.05, 3.63) is 36.4 Å². The number of aromatic nitrogens is 2. The molecule has 0 saturated carbocycles. The minimum atomic E-state index is -4.97. The fraction of sp³-hybridized carbons (Fsp3) is 0.111. The summed E-state index contributed by atoms with van der Waals surface area (Å²) in [6.07, 6.45) is -0.655. The van der Waals surface area contributed by atoms with Gasteiger partial charge < -0.3 is 9.14 Å². The van der Waals surface area contributed by atoms with E-state index >= 15 is 0 Å². The number of esters is 1. The lowest BCUT2D eigenvalue weighted by molar-refractivity contribution is -0.291. The molecule has 7 heteroatoms. The van der Waals surface area contributed by atoms with Crippen LogP contribution >= 0.6 is 0 Å². The summed E-state index contributed by atoms with van der Waals surface area (Å²) < 4.78 is 40.2. The molecule has 0 aliphatic carbocycles. The summed E-state index contributed by atoms with van der Waals surface area (Å²) in [5.74, 6) is -1.43. The Balaban J connectivity index is 2.29. The first kappa shape index (κ1) is 10.5. The highest BCUT2D eigenvalue weighted by Gasteiger charge is 2.34. The molecule has 0 atom stereocenters. The lowest BCUT2D eigenvalue weighted by Crippen LogP contribution is -2.19. The van der Waals surface area contributed by atoms with E-state index in [1.165, 1.54) is 30.9 Å². The first-order valence-corrected chi connectivity index (χ1v) is 4.17. The van der Waals surface area contributed by atoms with Gasteiger partial charge in [0.05, 0.1) is 23.6 Å². The monoisotopic (exact) mass is 230 g/mol. The van der Waals surface area contributed by atoms with E-state index in [1.807, 2.05) is 0 Å². The number of alkyl halides is 3. The lowest BCUT2D eigenvalue weighted by Gasteiger charge is -2.07. The Morgan fingerprint density at radius 3 is 2.88 bits per heavy atom. The molecule has 0 spiro atoms. The molecule has 2 aromatic heterocycles. The molecule has 2 aromatic rings. The molecule has 0 fully saturated rings. The molecule has 0 radical (unpaired) electrons. The number of imidazole rings is 1. The summed E-state index contributed by atoms with van der Waals surface area (Å²) in [5, 5.41) is 0. The molecule has 0 saturated heterocycles. The van der Waals surface area contributed by atoms with Crippen LogP contribution in [-0.2, 0) is 4.74 Å². The molecule has 4 nitrogen and oxygen atoms in total. The zero-order chi connectivity index (χ0) is 11.8. The Bertz CT molecular complexity index is 533. The third-order valence-corrected chi connectivity index (χ3v) is 1.86. The van der Waals surface area contributed by atoms with Crippen LogP contribution < -0.4 is 0 Å². The minimum Gasteiger partial charge on any atom is -0.369 e. The van der Waals surface area contributed by atoms with E-state index in [0.717, 1.165) is 0 Å². The van der Waals surface area contributed by atoms with Gasteiger partial charge in [-0.15, -0.1) is 13.2 Å². The molecule has 0 amide bonds. The fourth-order valence-corrected chi connectivity index (χ4v) is 1.21. The number of rotatable bonds is 1. The standard InChI is InChI=1S/C9H5F3N2O2/c10-9(11,12)16-8(15)6-1-2-14-5-13-4-7(14)3-6/h1-5H. The predicted octanol–water partition coefficient (Wildman–Crippen LogP) is 2.01. The maximum atomic E-state index is 11.8. The van der Waals surface area contributed by atoms with E-state index in [0.29, 0.717) is 5.52 Å². The van der Waals surface area contributed by atoms with E-state index in [4.69, 9.17) is 0 Å². The molecular formula is C9H5F3N2O2. The van der Waals surface area contributed by atoms with Gasteiger partial charge in [-0.2, -0.15) is 0 Å². The van der Waals surface area contributed by atoms with E-state index < -0.39 is 12.3 Å². The summed E-state index contributed by atoms with van der Waals surface area (Å²) in [6.45, 7) is 0. The van der Waals surface area contributed by atoms with Crippen molar-refractivity contribution in [2.45, 2.75) is 6.36 Å². The van der Waals surface area contributed by atoms with Crippen LogP contribution in [0.25, 0.3) is 5.52 Å². The largest absolute Gasteiger partial charge is 0.575 e. The van der Waals surface area contributed by atoms with Crippen molar-refractivity contribution < 1.29 is 22.7 Å². The quantitative estimate of drug-likeness (QED) is 0.704. The highest BCUT2D eigenvalue weighted by molar-refractivity contribution is 5.90. The van der Waals surface area contributed by atoms with Crippen LogP contribution in [0.15, 0.2) is 30.9 Å². The number of fused-ring (bicyclic) bond motifs is 1. The number of hydrogen-bond donors (Lipinski definition) is 0. The number of halogens is 3. The van der Waals surface area contributed by atoms with Crippen molar-refractivity contribution in [2.24, 2.45) is 0 Å². The Morgan fingerprint density at radius 1 is 1.44 bits per heavy atom. The van der Waals surface area contributed by atoms with Crippen LogP contribution in [0.3, 0.4) is 0 Å². The number of carbonyl (C=O) groups is 1. The highest BCUT2D eigenvalue weighted by atomic mass is 19.4. The third kappa shape index (κ3) is 2.13. The second-order valence-corrected chi connectivity index (χ2v) is 2.98. The lowest BCUT2D eigenvalue weighted by atomic mass is 10.2. The number of hydrogen-bond acceptors (Lipinski definition) is 3. The average molecular weight is 230 g/mol. The second kappa shape index (κ2) is 3.51. The molecule has 2 heterocycles. The first-order valence-electron chi connectivity index (χ1n) is 4.17. The van der Waals surface area contributed by atoms with Crippen LogP contribution in [0.1, 0.15) is 10.4 Å². The summed E-state index contributed by atoms with van der Waals surface area (Å²) in [5.41, 5.74) is 0.335. The van der Waals surface area contributed by atoms with Crippen LogP contribution in [0.5, 0.6) is 0 Å². The van der Waals surface area contributed by atoms with Gasteiger partial charge in [0, 0.05) is 6.20 Å². The van der Waals surface area contributed by atoms with Gasteiger partial charge in [0.1, 0.15) is 0 Å². The van der Waals surface area contributed by atoms with Gasteiger partial charge in [0.15, 0.2) is 0 Å². The Kier molecular flexibility index (Phi) is 2.30. The van der Waals surface area contributed by atoms with Crippen molar-refractivity contribution in [3.8, 4) is 0 Å². The maximum absolute atomic E-state index is 11.8. The number of carbonyl (C=O) groups excluding carboxylic acids is 1. The van der Waals surface area contributed by atoms with Crippen molar-refractivity contribution in [2.75, 3.05) is 0 Å². The molecule has 16 heavy (non-hydrogen) atoms. The van der Waals surface area contributed by atoms with Gasteiger partial charge in [-0.25, -0.2) is 9.78 Å². The Hall–Kier alpha value is -2.05. The summed E-state index contributed by atoms with van der Waals surface area (Å²) in [7, 11) is 0. The van der Waals surface area contributed by atoms with Gasteiger partial charge in [0.2, 0.25) is 0 Å². The van der Waals surface area contributed by atoms with E-state index in [-0.39, 0.29) is 5.56 Å². The van der Waals surface area contributed by atoms with Crippen molar-refractivity contribution >= 4 is 11.5 Å². The van der Waals surface area contributed by atoms with Gasteiger partial charge in [0.25, 0.3) is 0 Å². The molecule has 2 rings (SSSR count). The molecule has 0 unspecified atom stereocenters. The van der Waals surface area contributed by atoms with E-state index in [2.05, 4.69) is 9.72 Å². The molecule has 0 aromatic carbocycles. The van der Waals surface area contributed by atoms with Crippen LogP contribution in [-0.4, -0.2) is 21.7 Å². The molecule has 0 aliphatic heterocycles. The SMILES string of the molecule is O=C(OC(F)(F)F)c1ccn2cncc2c1. The Morgan fingerprint density at radius 2 is 2.19 bits per heavy atom. The summed E-state index contributed by atoms with van der Waals surface area (Å²) in [6, 6.07) is 2.49. The zero-order valence-corrected chi connectivity index (χ0v) is 7.73. The fourth-order valence-electron chi connectivity index (χ4n) is 1.21. The minimum absolute atomic E-state index is 0.176. The Labute approximate surface area is 87.3 Å². The summed E-state index contributed by atoms with van der Waals surface area (Å²) in [4.78, 5) is 14.8. The molecule has 0 bridgehead atoms. The van der Waals surface area contributed by atoms with Crippen LogP contribution in [0, 0.1) is 0 Å². The van der Waals surface area contributed by atoms with Crippen LogP contribution in [0.4, 0.5) is 13.2 Å². The topological polar surface area (TPSA) is 43.6 Å². The van der Waals surface area contributed by atoms with Crippen molar-refractivity contribution in [1.29, 1.82) is 0 Å².